The number of nitrogens with zero attached hydrogens (tertiary/aromatic N) is 4. The van der Waals surface area contributed by atoms with E-state index in [1.165, 1.54) is 0 Å². The van der Waals surface area contributed by atoms with Crippen molar-refractivity contribution in [2.45, 2.75) is 0 Å². The second-order valence-electron chi connectivity index (χ2n) is 14.3. The summed E-state index contributed by atoms with van der Waals surface area (Å²) in [7, 11) is 0. The first-order chi connectivity index (χ1) is 28.3. The van der Waals surface area contributed by atoms with E-state index in [1.54, 1.807) is 0 Å². The monoisotopic (exact) mass is 730 g/mol. The minimum absolute atomic E-state index is 0.552. The minimum Gasteiger partial charge on any atom is -0.455 e. The van der Waals surface area contributed by atoms with Gasteiger partial charge in [-0.05, 0) is 42.0 Å². The van der Waals surface area contributed by atoms with Gasteiger partial charge in [0.2, 0.25) is 0 Å². The molecule has 0 aliphatic heterocycles. The van der Waals surface area contributed by atoms with Crippen molar-refractivity contribution in [1.82, 2.24) is 19.5 Å². The van der Waals surface area contributed by atoms with Crippen molar-refractivity contribution >= 4 is 65.7 Å². The summed E-state index contributed by atoms with van der Waals surface area (Å²) in [6.07, 6.45) is 0. The Hall–Kier alpha value is -7.83. The maximum Gasteiger partial charge on any atom is 0.167 e. The minimum atomic E-state index is 0.552. The zero-order valence-corrected chi connectivity index (χ0v) is 30.4. The molecule has 57 heavy (non-hydrogen) atoms. The second-order valence-corrected chi connectivity index (χ2v) is 14.3. The van der Waals surface area contributed by atoms with Crippen LogP contribution in [0.4, 0.5) is 0 Å². The van der Waals surface area contributed by atoms with Crippen LogP contribution in [0.15, 0.2) is 191 Å². The zero-order chi connectivity index (χ0) is 37.5. The predicted octanol–water partition coefficient (Wildman–Crippen LogP) is 13.4. The first-order valence-corrected chi connectivity index (χ1v) is 19.0. The molecule has 4 aromatic heterocycles. The zero-order valence-electron chi connectivity index (χ0n) is 30.4. The molecule has 0 saturated carbocycles. The molecular weight excluding hydrogens is 701 g/mol. The average molecular weight is 731 g/mol. The summed E-state index contributed by atoms with van der Waals surface area (Å²) < 4.78 is 15.9. The fourth-order valence-electron chi connectivity index (χ4n) is 8.44. The Morgan fingerprint density at radius 3 is 1.63 bits per heavy atom. The highest BCUT2D eigenvalue weighted by atomic mass is 16.3. The first-order valence-electron chi connectivity index (χ1n) is 19.0. The van der Waals surface area contributed by atoms with E-state index in [0.717, 1.165) is 99.2 Å². The van der Waals surface area contributed by atoms with Crippen molar-refractivity contribution in [3.8, 4) is 51.0 Å². The largest absolute Gasteiger partial charge is 0.455 e. The van der Waals surface area contributed by atoms with E-state index in [9.17, 15) is 0 Å². The molecule has 4 heterocycles. The highest BCUT2D eigenvalue weighted by Gasteiger charge is 2.23. The van der Waals surface area contributed by atoms with Crippen LogP contribution in [0.5, 0.6) is 0 Å². The Morgan fingerprint density at radius 1 is 0.351 bits per heavy atom. The molecule has 266 valence electrons. The molecule has 0 aliphatic carbocycles. The number of fused-ring (bicyclic) bond motifs is 10. The van der Waals surface area contributed by atoms with E-state index < -0.39 is 0 Å². The van der Waals surface area contributed by atoms with Crippen molar-refractivity contribution in [2.24, 2.45) is 0 Å². The molecule has 0 aliphatic rings. The van der Waals surface area contributed by atoms with Gasteiger partial charge in [-0.1, -0.05) is 146 Å². The number of para-hydroxylation sites is 4. The lowest BCUT2D eigenvalue weighted by Crippen LogP contribution is -2.00. The standard InChI is InChI=1S/C51H30N4O2/c1-4-14-31(15-5-1)49-52-50(32-16-6-2-7-17-32)54-51(53-49)42-24-13-23-40-41-29-28-38-36-27-26-33(35-21-12-22-39-37-20-10-11-25-44(37)56-46(35)39)30-43(36)55(34-18-8-3-9-19-34)45(38)48(41)57-47(40)42/h1-30H. The van der Waals surface area contributed by atoms with Gasteiger partial charge in [0.15, 0.2) is 23.1 Å². The van der Waals surface area contributed by atoms with Crippen molar-refractivity contribution in [3.63, 3.8) is 0 Å². The van der Waals surface area contributed by atoms with Gasteiger partial charge in [0.05, 0.1) is 16.6 Å². The first kappa shape index (κ1) is 31.5. The number of hydrogen-bond acceptors (Lipinski definition) is 5. The molecule has 0 saturated heterocycles. The number of aromatic nitrogens is 4. The van der Waals surface area contributed by atoms with Crippen LogP contribution < -0.4 is 0 Å². The highest BCUT2D eigenvalue weighted by Crippen LogP contribution is 2.44. The van der Waals surface area contributed by atoms with E-state index in [2.05, 4.69) is 108 Å². The van der Waals surface area contributed by atoms with E-state index in [4.69, 9.17) is 23.8 Å². The predicted molar refractivity (Wildman–Crippen MR) is 230 cm³/mol. The normalized spacial score (nSPS) is 11.9. The molecule has 0 radical (unpaired) electrons. The fraction of sp³-hybridized carbons (Fsp3) is 0. The van der Waals surface area contributed by atoms with Crippen molar-refractivity contribution in [3.05, 3.63) is 182 Å². The van der Waals surface area contributed by atoms with E-state index >= 15 is 0 Å². The van der Waals surface area contributed by atoms with Gasteiger partial charge in [0, 0.05) is 54.7 Å². The quantitative estimate of drug-likeness (QED) is 0.176. The lowest BCUT2D eigenvalue weighted by molar-refractivity contribution is 0.670. The molecule has 0 spiro atoms. The number of rotatable bonds is 5. The molecule has 0 unspecified atom stereocenters. The maximum atomic E-state index is 7.10. The van der Waals surface area contributed by atoms with Crippen LogP contribution in [0.3, 0.4) is 0 Å². The topological polar surface area (TPSA) is 69.9 Å². The molecule has 0 atom stereocenters. The molecular formula is C51H30N4O2. The van der Waals surface area contributed by atoms with Gasteiger partial charge >= 0.3 is 0 Å². The number of furan rings is 2. The third-order valence-corrected chi connectivity index (χ3v) is 11.1. The van der Waals surface area contributed by atoms with Crippen molar-refractivity contribution in [2.75, 3.05) is 0 Å². The van der Waals surface area contributed by atoms with Gasteiger partial charge in [-0.3, -0.25) is 0 Å². The summed E-state index contributed by atoms with van der Waals surface area (Å²) in [5.74, 6) is 1.76. The van der Waals surface area contributed by atoms with Crippen molar-refractivity contribution < 1.29 is 8.83 Å². The molecule has 0 N–H and O–H groups in total. The molecule has 0 amide bonds. The Kier molecular flexibility index (Phi) is 6.83. The van der Waals surface area contributed by atoms with Gasteiger partial charge < -0.3 is 13.4 Å². The molecule has 6 heteroatoms. The summed E-state index contributed by atoms with van der Waals surface area (Å²) in [6, 6.07) is 62.6. The number of hydrogen-bond donors (Lipinski definition) is 0. The number of benzene rings is 8. The van der Waals surface area contributed by atoms with Crippen LogP contribution in [0.2, 0.25) is 0 Å². The van der Waals surface area contributed by atoms with Crippen LogP contribution in [0.1, 0.15) is 0 Å². The molecule has 6 nitrogen and oxygen atoms in total. The van der Waals surface area contributed by atoms with Gasteiger partial charge in [-0.2, -0.15) is 0 Å². The van der Waals surface area contributed by atoms with Crippen LogP contribution in [0.25, 0.3) is 117 Å². The summed E-state index contributed by atoms with van der Waals surface area (Å²) in [6.45, 7) is 0. The van der Waals surface area contributed by atoms with E-state index in [0.29, 0.717) is 17.5 Å². The summed E-state index contributed by atoms with van der Waals surface area (Å²) in [5.41, 5.74) is 11.2. The molecule has 0 fully saturated rings. The Morgan fingerprint density at radius 2 is 0.895 bits per heavy atom. The second kappa shape index (κ2) is 12.3. The third-order valence-electron chi connectivity index (χ3n) is 11.1. The summed E-state index contributed by atoms with van der Waals surface area (Å²) >= 11 is 0. The van der Waals surface area contributed by atoms with Gasteiger partial charge in [0.25, 0.3) is 0 Å². The molecule has 12 aromatic rings. The van der Waals surface area contributed by atoms with Crippen LogP contribution in [-0.2, 0) is 0 Å². The molecule has 0 bridgehead atoms. The Balaban J connectivity index is 1.12. The smallest absolute Gasteiger partial charge is 0.167 e. The molecule has 8 aromatic carbocycles. The summed E-state index contributed by atoms with van der Waals surface area (Å²) in [5, 5.41) is 6.48. The lowest BCUT2D eigenvalue weighted by Gasteiger charge is -2.09. The van der Waals surface area contributed by atoms with Crippen LogP contribution in [0, 0.1) is 0 Å². The third kappa shape index (κ3) is 4.87. The van der Waals surface area contributed by atoms with E-state index in [1.807, 2.05) is 78.9 Å². The van der Waals surface area contributed by atoms with Crippen LogP contribution >= 0.6 is 0 Å². The highest BCUT2D eigenvalue weighted by molar-refractivity contribution is 6.23. The fourth-order valence-corrected chi connectivity index (χ4v) is 8.44. The van der Waals surface area contributed by atoms with Crippen LogP contribution in [-0.4, -0.2) is 19.5 Å². The van der Waals surface area contributed by atoms with Gasteiger partial charge in [-0.25, -0.2) is 15.0 Å². The SMILES string of the molecule is c1ccc(-c2nc(-c3ccccc3)nc(-c3cccc4c3oc3c4ccc4c5ccc(-c6cccc7c6oc6ccccc67)cc5n(-c5ccccc5)c43)n2)cc1. The summed E-state index contributed by atoms with van der Waals surface area (Å²) in [4.78, 5) is 15.0. The maximum absolute atomic E-state index is 7.10. The van der Waals surface area contributed by atoms with Gasteiger partial charge in [-0.15, -0.1) is 0 Å². The average Bonchev–Trinajstić information content (AvgIpc) is 3.97. The van der Waals surface area contributed by atoms with Crippen molar-refractivity contribution in [1.29, 1.82) is 0 Å². The Labute approximate surface area is 325 Å². The Bertz CT molecular complexity index is 3450. The van der Waals surface area contributed by atoms with E-state index in [-0.39, 0.29) is 0 Å². The van der Waals surface area contributed by atoms with Gasteiger partial charge in [0.1, 0.15) is 16.7 Å². The molecule has 12 rings (SSSR count). The lowest BCUT2D eigenvalue weighted by atomic mass is 10.0.